The highest BCUT2D eigenvalue weighted by molar-refractivity contribution is 7.82. The van der Waals surface area contributed by atoms with Crippen molar-refractivity contribution < 1.29 is 4.79 Å². The molecule has 0 aromatic rings. The molecule has 1 atom stereocenters. The summed E-state index contributed by atoms with van der Waals surface area (Å²) in [6.07, 6.45) is 1.41. The molecule has 0 aromatic carbocycles. The second-order valence-corrected chi connectivity index (χ2v) is 5.78. The van der Waals surface area contributed by atoms with Crippen molar-refractivity contribution in [3.63, 3.8) is 0 Å². The molecule has 72 valence electrons. The van der Waals surface area contributed by atoms with Crippen LogP contribution in [0.4, 0.5) is 0 Å². The van der Waals surface area contributed by atoms with Gasteiger partial charge >= 0.3 is 0 Å². The Morgan fingerprint density at radius 3 is 1.92 bits per heavy atom. The molecule has 0 saturated carbocycles. The maximum Gasteiger partial charge on any atom is 0.148 e. The summed E-state index contributed by atoms with van der Waals surface area (Å²) in [6.45, 7) is 10.2. The average molecular weight is 188 g/mol. The minimum atomic E-state index is -0.451. The van der Waals surface area contributed by atoms with Crippen molar-refractivity contribution in [2.75, 3.05) is 0 Å². The fraction of sp³-hybridized carbons (Fsp3) is 0.900. The SMILES string of the molecule is CCC(=O)C(C)(S)CC(C)(C)C. The zero-order valence-corrected chi connectivity index (χ0v) is 9.66. The number of Topliss-reactive ketones (excluding diaryl/α,β-unsaturated/α-hetero) is 1. The van der Waals surface area contributed by atoms with Gasteiger partial charge in [-0.1, -0.05) is 27.7 Å². The summed E-state index contributed by atoms with van der Waals surface area (Å²) in [4.78, 5) is 11.4. The van der Waals surface area contributed by atoms with Crippen molar-refractivity contribution in [2.45, 2.75) is 52.2 Å². The van der Waals surface area contributed by atoms with E-state index in [1.165, 1.54) is 0 Å². The highest BCUT2D eigenvalue weighted by Crippen LogP contribution is 2.32. The van der Waals surface area contributed by atoms with Gasteiger partial charge in [0.1, 0.15) is 5.78 Å². The second-order valence-electron chi connectivity index (χ2n) is 4.79. The van der Waals surface area contributed by atoms with Crippen LogP contribution in [0.2, 0.25) is 0 Å². The van der Waals surface area contributed by atoms with Crippen LogP contribution >= 0.6 is 12.6 Å². The summed E-state index contributed by atoms with van der Waals surface area (Å²) in [7, 11) is 0. The molecule has 0 N–H and O–H groups in total. The third-order valence-corrected chi connectivity index (χ3v) is 2.20. The number of hydrogen-bond acceptors (Lipinski definition) is 2. The molecule has 1 unspecified atom stereocenters. The molecule has 12 heavy (non-hydrogen) atoms. The minimum absolute atomic E-state index is 0.168. The van der Waals surface area contributed by atoms with Gasteiger partial charge in [-0.05, 0) is 18.8 Å². The second kappa shape index (κ2) is 3.82. The van der Waals surface area contributed by atoms with E-state index in [9.17, 15) is 4.79 Å². The molecule has 0 radical (unpaired) electrons. The van der Waals surface area contributed by atoms with Gasteiger partial charge in [0, 0.05) is 6.42 Å². The van der Waals surface area contributed by atoms with Crippen molar-refractivity contribution in [3.8, 4) is 0 Å². The molecule has 0 rings (SSSR count). The molecule has 0 aliphatic rings. The Balaban J connectivity index is 4.32. The zero-order chi connectivity index (χ0) is 9.99. The van der Waals surface area contributed by atoms with E-state index in [2.05, 4.69) is 33.4 Å². The van der Waals surface area contributed by atoms with Gasteiger partial charge in [-0.3, -0.25) is 4.79 Å². The minimum Gasteiger partial charge on any atom is -0.298 e. The maximum absolute atomic E-state index is 11.4. The smallest absolute Gasteiger partial charge is 0.148 e. The average Bonchev–Trinajstić information content (AvgIpc) is 1.80. The molecule has 0 aliphatic heterocycles. The standard InChI is InChI=1S/C10H20OS/c1-6-8(11)10(5,12)7-9(2,3)4/h12H,6-7H2,1-5H3. The first-order chi connectivity index (χ1) is 5.19. The van der Waals surface area contributed by atoms with Crippen LogP contribution in [0, 0.1) is 5.41 Å². The van der Waals surface area contributed by atoms with Crippen LogP contribution in [0.15, 0.2) is 0 Å². The van der Waals surface area contributed by atoms with E-state index in [1.54, 1.807) is 0 Å². The first kappa shape index (κ1) is 12.0. The molecule has 2 heteroatoms. The third kappa shape index (κ3) is 4.15. The molecule has 0 fully saturated rings. The molecule has 0 aromatic heterocycles. The first-order valence-electron chi connectivity index (χ1n) is 4.45. The lowest BCUT2D eigenvalue weighted by Gasteiger charge is -2.29. The molecule has 0 spiro atoms. The molecule has 1 nitrogen and oxygen atoms in total. The Kier molecular flexibility index (Phi) is 3.83. The topological polar surface area (TPSA) is 17.1 Å². The largest absolute Gasteiger partial charge is 0.298 e. The third-order valence-electron chi connectivity index (χ3n) is 1.80. The normalized spacial score (nSPS) is 17.2. The Hall–Kier alpha value is 0.0200. The van der Waals surface area contributed by atoms with Gasteiger partial charge in [0.15, 0.2) is 0 Å². The van der Waals surface area contributed by atoms with Crippen LogP contribution in [0.25, 0.3) is 0 Å². The van der Waals surface area contributed by atoms with Gasteiger partial charge < -0.3 is 0 Å². The van der Waals surface area contributed by atoms with E-state index in [0.717, 1.165) is 6.42 Å². The van der Waals surface area contributed by atoms with Gasteiger partial charge in [0.2, 0.25) is 0 Å². The van der Waals surface area contributed by atoms with Crippen LogP contribution in [0.5, 0.6) is 0 Å². The number of ketones is 1. The van der Waals surface area contributed by atoms with Gasteiger partial charge in [-0.2, -0.15) is 12.6 Å². The van der Waals surface area contributed by atoms with Crippen molar-refractivity contribution in [1.29, 1.82) is 0 Å². The summed E-state index contributed by atoms with van der Waals surface area (Å²) in [5.41, 5.74) is 0.168. The van der Waals surface area contributed by atoms with E-state index in [-0.39, 0.29) is 11.2 Å². The van der Waals surface area contributed by atoms with Crippen LogP contribution < -0.4 is 0 Å². The summed E-state index contributed by atoms with van der Waals surface area (Å²) < 4.78 is -0.451. The summed E-state index contributed by atoms with van der Waals surface area (Å²) >= 11 is 4.41. The molecule has 0 amide bonds. The first-order valence-corrected chi connectivity index (χ1v) is 4.89. The predicted octanol–water partition coefficient (Wildman–Crippen LogP) is 3.09. The van der Waals surface area contributed by atoms with E-state index in [1.807, 2.05) is 13.8 Å². The van der Waals surface area contributed by atoms with E-state index >= 15 is 0 Å². The summed E-state index contributed by atoms with van der Waals surface area (Å²) in [5.74, 6) is 0.237. The highest BCUT2D eigenvalue weighted by atomic mass is 32.1. The van der Waals surface area contributed by atoms with Gasteiger partial charge in [-0.15, -0.1) is 0 Å². The lowest BCUT2D eigenvalue weighted by Crippen LogP contribution is -2.33. The van der Waals surface area contributed by atoms with E-state index in [4.69, 9.17) is 0 Å². The van der Waals surface area contributed by atoms with Gasteiger partial charge in [0.05, 0.1) is 4.75 Å². The Morgan fingerprint density at radius 2 is 1.67 bits per heavy atom. The van der Waals surface area contributed by atoms with Crippen molar-refractivity contribution >= 4 is 18.4 Å². The number of thiol groups is 1. The Labute approximate surface area is 81.3 Å². The number of carbonyl (C=O) groups is 1. The van der Waals surface area contributed by atoms with E-state index in [0.29, 0.717) is 6.42 Å². The van der Waals surface area contributed by atoms with Crippen molar-refractivity contribution in [3.05, 3.63) is 0 Å². The fourth-order valence-electron chi connectivity index (χ4n) is 1.51. The monoisotopic (exact) mass is 188 g/mol. The van der Waals surface area contributed by atoms with Crippen molar-refractivity contribution in [1.82, 2.24) is 0 Å². The van der Waals surface area contributed by atoms with Gasteiger partial charge in [-0.25, -0.2) is 0 Å². The molecule has 0 heterocycles. The van der Waals surface area contributed by atoms with Crippen LogP contribution in [0.1, 0.15) is 47.5 Å². The molecule has 0 aliphatic carbocycles. The molecule has 0 saturated heterocycles. The number of hydrogen-bond donors (Lipinski definition) is 1. The Bertz CT molecular complexity index is 165. The van der Waals surface area contributed by atoms with E-state index < -0.39 is 4.75 Å². The van der Waals surface area contributed by atoms with Crippen LogP contribution in [-0.2, 0) is 4.79 Å². The maximum atomic E-state index is 11.4. The number of rotatable bonds is 3. The quantitative estimate of drug-likeness (QED) is 0.673. The fourth-order valence-corrected chi connectivity index (χ4v) is 2.14. The molecular weight excluding hydrogens is 168 g/mol. The Morgan fingerprint density at radius 1 is 1.25 bits per heavy atom. The zero-order valence-electron chi connectivity index (χ0n) is 8.77. The number of carbonyl (C=O) groups excluding carboxylic acids is 1. The molecular formula is C10H20OS. The lowest BCUT2D eigenvalue weighted by molar-refractivity contribution is -0.121. The van der Waals surface area contributed by atoms with Crippen molar-refractivity contribution in [2.24, 2.45) is 5.41 Å². The highest BCUT2D eigenvalue weighted by Gasteiger charge is 2.31. The van der Waals surface area contributed by atoms with Crippen LogP contribution in [-0.4, -0.2) is 10.5 Å². The van der Waals surface area contributed by atoms with Gasteiger partial charge in [0.25, 0.3) is 0 Å². The summed E-state index contributed by atoms with van der Waals surface area (Å²) in [5, 5.41) is 0. The lowest BCUT2D eigenvalue weighted by atomic mass is 9.82. The predicted molar refractivity (Wildman–Crippen MR) is 56.8 cm³/mol. The summed E-state index contributed by atoms with van der Waals surface area (Å²) in [6, 6.07) is 0. The molecule has 0 bridgehead atoms. The van der Waals surface area contributed by atoms with Crippen LogP contribution in [0.3, 0.4) is 0 Å².